The van der Waals surface area contributed by atoms with Crippen molar-refractivity contribution in [2.75, 3.05) is 6.79 Å². The van der Waals surface area contributed by atoms with E-state index >= 15 is 0 Å². The number of urea groups is 1. The van der Waals surface area contributed by atoms with Crippen LogP contribution in [0.2, 0.25) is 0 Å². The standard InChI is InChI=1S/C22H24N2O4/c1-21(2,3)15-7-5-14(6-8-15)12-24-19(25)22(4,23-20(24)26)16-9-10-17-18(11-16)28-13-27-17/h5-11H,12-13H2,1-4H3,(H,23,26)/t22-/m1/s1. The highest BCUT2D eigenvalue weighted by Gasteiger charge is 2.49. The minimum Gasteiger partial charge on any atom is -0.454 e. The van der Waals surface area contributed by atoms with E-state index in [0.717, 1.165) is 5.56 Å². The molecule has 0 spiro atoms. The van der Waals surface area contributed by atoms with Crippen molar-refractivity contribution in [1.29, 1.82) is 0 Å². The van der Waals surface area contributed by atoms with Crippen LogP contribution >= 0.6 is 0 Å². The third kappa shape index (κ3) is 2.99. The summed E-state index contributed by atoms with van der Waals surface area (Å²) in [6.07, 6.45) is 0. The molecule has 1 saturated heterocycles. The third-order valence-electron chi connectivity index (χ3n) is 5.39. The predicted molar refractivity (Wildman–Crippen MR) is 104 cm³/mol. The van der Waals surface area contributed by atoms with Crippen LogP contribution in [0, 0.1) is 0 Å². The van der Waals surface area contributed by atoms with E-state index in [2.05, 4.69) is 26.1 Å². The number of carbonyl (C=O) groups excluding carboxylic acids is 2. The number of nitrogens with one attached hydrogen (secondary N) is 1. The average Bonchev–Trinajstić information content (AvgIpc) is 3.20. The molecule has 6 nitrogen and oxygen atoms in total. The molecule has 4 rings (SSSR count). The van der Waals surface area contributed by atoms with Crippen LogP contribution in [0.5, 0.6) is 11.5 Å². The Labute approximate surface area is 164 Å². The monoisotopic (exact) mass is 380 g/mol. The van der Waals surface area contributed by atoms with Gasteiger partial charge in [-0.1, -0.05) is 51.1 Å². The van der Waals surface area contributed by atoms with Crippen LogP contribution in [0.1, 0.15) is 44.4 Å². The Kier molecular flexibility index (Phi) is 4.10. The number of fused-ring (bicyclic) bond motifs is 1. The number of hydrogen-bond donors (Lipinski definition) is 1. The fourth-order valence-corrected chi connectivity index (χ4v) is 3.54. The molecule has 1 N–H and O–H groups in total. The molecule has 3 amide bonds. The van der Waals surface area contributed by atoms with Crippen molar-refractivity contribution in [3.05, 3.63) is 59.2 Å². The van der Waals surface area contributed by atoms with Gasteiger partial charge in [0.1, 0.15) is 5.54 Å². The molecule has 0 aromatic heterocycles. The van der Waals surface area contributed by atoms with Crippen LogP contribution in [-0.4, -0.2) is 23.6 Å². The maximum absolute atomic E-state index is 13.1. The third-order valence-corrected chi connectivity index (χ3v) is 5.39. The van der Waals surface area contributed by atoms with E-state index in [0.29, 0.717) is 17.1 Å². The average molecular weight is 380 g/mol. The smallest absolute Gasteiger partial charge is 0.325 e. The number of hydrogen-bond acceptors (Lipinski definition) is 4. The van der Waals surface area contributed by atoms with E-state index in [-0.39, 0.29) is 24.7 Å². The Morgan fingerprint density at radius 1 is 1.04 bits per heavy atom. The summed E-state index contributed by atoms with van der Waals surface area (Å²) in [5, 5.41) is 2.83. The molecule has 6 heteroatoms. The van der Waals surface area contributed by atoms with Crippen LogP contribution < -0.4 is 14.8 Å². The van der Waals surface area contributed by atoms with E-state index in [4.69, 9.17) is 9.47 Å². The summed E-state index contributed by atoms with van der Waals surface area (Å²) < 4.78 is 10.7. The summed E-state index contributed by atoms with van der Waals surface area (Å²) in [6.45, 7) is 8.55. The highest BCUT2D eigenvalue weighted by molar-refractivity contribution is 6.07. The van der Waals surface area contributed by atoms with E-state index < -0.39 is 11.6 Å². The van der Waals surface area contributed by atoms with Gasteiger partial charge in [0, 0.05) is 0 Å². The van der Waals surface area contributed by atoms with Crippen molar-refractivity contribution < 1.29 is 19.1 Å². The van der Waals surface area contributed by atoms with Gasteiger partial charge in [-0.2, -0.15) is 0 Å². The summed E-state index contributed by atoms with van der Waals surface area (Å²) >= 11 is 0. The van der Waals surface area contributed by atoms with E-state index in [1.165, 1.54) is 10.5 Å². The first-order chi connectivity index (χ1) is 13.2. The number of carbonyl (C=O) groups is 2. The maximum atomic E-state index is 13.1. The zero-order chi connectivity index (χ0) is 20.1. The summed E-state index contributed by atoms with van der Waals surface area (Å²) in [5.41, 5.74) is 1.70. The number of rotatable bonds is 3. The lowest BCUT2D eigenvalue weighted by Crippen LogP contribution is -2.40. The molecule has 0 radical (unpaired) electrons. The van der Waals surface area contributed by atoms with Crippen molar-refractivity contribution in [3.63, 3.8) is 0 Å². The SMILES string of the molecule is CC(C)(C)c1ccc(CN2C(=O)N[C@](C)(c3ccc4c(c3)OCO4)C2=O)cc1. The Hall–Kier alpha value is -3.02. The predicted octanol–water partition coefficient (Wildman–Crippen LogP) is 3.68. The second-order valence-electron chi connectivity index (χ2n) is 8.46. The molecule has 2 aromatic carbocycles. The van der Waals surface area contributed by atoms with E-state index in [1.54, 1.807) is 25.1 Å². The Balaban J connectivity index is 1.57. The zero-order valence-corrected chi connectivity index (χ0v) is 16.5. The molecule has 0 unspecified atom stereocenters. The first-order valence-electron chi connectivity index (χ1n) is 9.32. The molecule has 0 aliphatic carbocycles. The summed E-state index contributed by atoms with van der Waals surface area (Å²) in [7, 11) is 0. The van der Waals surface area contributed by atoms with E-state index in [1.807, 2.05) is 24.3 Å². The van der Waals surface area contributed by atoms with Crippen molar-refractivity contribution >= 4 is 11.9 Å². The quantitative estimate of drug-likeness (QED) is 0.825. The van der Waals surface area contributed by atoms with Gasteiger partial charge in [-0.05, 0) is 41.2 Å². The number of nitrogens with zero attached hydrogens (tertiary/aromatic N) is 1. The molecule has 0 saturated carbocycles. The van der Waals surface area contributed by atoms with Gasteiger partial charge >= 0.3 is 6.03 Å². The number of amides is 3. The van der Waals surface area contributed by atoms with Gasteiger partial charge in [-0.25, -0.2) is 4.79 Å². The van der Waals surface area contributed by atoms with Crippen LogP contribution in [0.15, 0.2) is 42.5 Å². The fraction of sp³-hybridized carbons (Fsp3) is 0.364. The van der Waals surface area contributed by atoms with Crippen LogP contribution in [0.4, 0.5) is 4.79 Å². The van der Waals surface area contributed by atoms with Crippen molar-refractivity contribution in [3.8, 4) is 11.5 Å². The Bertz CT molecular complexity index is 946. The van der Waals surface area contributed by atoms with Crippen molar-refractivity contribution in [2.24, 2.45) is 0 Å². The van der Waals surface area contributed by atoms with Crippen LogP contribution in [0.25, 0.3) is 0 Å². The highest BCUT2D eigenvalue weighted by atomic mass is 16.7. The number of ether oxygens (including phenoxy) is 2. The Morgan fingerprint density at radius 3 is 2.39 bits per heavy atom. The molecular weight excluding hydrogens is 356 g/mol. The molecule has 1 atom stereocenters. The molecule has 2 aliphatic rings. The Morgan fingerprint density at radius 2 is 1.71 bits per heavy atom. The molecule has 1 fully saturated rings. The second-order valence-corrected chi connectivity index (χ2v) is 8.46. The number of benzene rings is 2. The second kappa shape index (κ2) is 6.26. The first-order valence-corrected chi connectivity index (χ1v) is 9.32. The van der Waals surface area contributed by atoms with Gasteiger partial charge in [-0.15, -0.1) is 0 Å². The minimum absolute atomic E-state index is 0.0529. The van der Waals surface area contributed by atoms with Gasteiger partial charge in [0.2, 0.25) is 6.79 Å². The van der Waals surface area contributed by atoms with Crippen LogP contribution in [-0.2, 0) is 22.3 Å². The van der Waals surface area contributed by atoms with Crippen LogP contribution in [0.3, 0.4) is 0 Å². The lowest BCUT2D eigenvalue weighted by molar-refractivity contribution is -0.131. The van der Waals surface area contributed by atoms with Gasteiger partial charge in [0.15, 0.2) is 11.5 Å². The lowest BCUT2D eigenvalue weighted by Gasteiger charge is -2.23. The highest BCUT2D eigenvalue weighted by Crippen LogP contribution is 2.38. The molecular formula is C22H24N2O4. The summed E-state index contributed by atoms with van der Waals surface area (Å²) in [6, 6.07) is 12.9. The first kappa shape index (κ1) is 18.3. The summed E-state index contributed by atoms with van der Waals surface area (Å²) in [4.78, 5) is 27.0. The largest absolute Gasteiger partial charge is 0.454 e. The molecule has 0 bridgehead atoms. The van der Waals surface area contributed by atoms with E-state index in [9.17, 15) is 9.59 Å². The molecule has 2 aromatic rings. The van der Waals surface area contributed by atoms with Gasteiger partial charge in [-0.3, -0.25) is 9.69 Å². The van der Waals surface area contributed by atoms with Crippen molar-refractivity contribution in [2.45, 2.75) is 45.2 Å². The summed E-state index contributed by atoms with van der Waals surface area (Å²) in [5.74, 6) is 0.938. The van der Waals surface area contributed by atoms with Gasteiger partial charge in [0.25, 0.3) is 5.91 Å². The molecule has 28 heavy (non-hydrogen) atoms. The lowest BCUT2D eigenvalue weighted by atomic mass is 9.86. The normalized spacial score (nSPS) is 21.2. The van der Waals surface area contributed by atoms with Crippen molar-refractivity contribution in [1.82, 2.24) is 10.2 Å². The minimum atomic E-state index is -1.14. The van der Waals surface area contributed by atoms with Gasteiger partial charge in [0.05, 0.1) is 6.54 Å². The molecule has 2 aliphatic heterocycles. The zero-order valence-electron chi connectivity index (χ0n) is 16.5. The van der Waals surface area contributed by atoms with Gasteiger partial charge < -0.3 is 14.8 Å². The fourth-order valence-electron chi connectivity index (χ4n) is 3.54. The maximum Gasteiger partial charge on any atom is 0.325 e. The molecule has 2 heterocycles. The number of imide groups is 1. The molecule has 146 valence electrons. The topological polar surface area (TPSA) is 67.9 Å².